The molecule has 112 valence electrons. The van der Waals surface area contributed by atoms with E-state index in [1.165, 1.54) is 12.1 Å². The average Bonchev–Trinajstić information content (AvgIpc) is 2.41. The third kappa shape index (κ3) is 7.01. The average molecular weight is 289 g/mol. The highest BCUT2D eigenvalue weighted by molar-refractivity contribution is 5.87. The number of hydrogen-bond acceptors (Lipinski definition) is 4. The Balaban J connectivity index is 2.09. The lowest BCUT2D eigenvalue weighted by Crippen LogP contribution is -2.25. The molecule has 1 rings (SSSR count). The van der Waals surface area contributed by atoms with Crippen LogP contribution in [0, 0.1) is 0 Å². The number of carbonyl (C=O) groups is 1. The highest BCUT2D eigenvalue weighted by atomic mass is 19.3. The van der Waals surface area contributed by atoms with E-state index in [9.17, 15) is 13.6 Å². The second-order valence-electron chi connectivity index (χ2n) is 3.90. The van der Waals surface area contributed by atoms with Gasteiger partial charge in [0.15, 0.2) is 0 Å². The second-order valence-corrected chi connectivity index (χ2v) is 3.90. The summed E-state index contributed by atoms with van der Waals surface area (Å²) in [6.07, 6.45) is -2.44. The van der Waals surface area contributed by atoms with Crippen LogP contribution >= 0.6 is 0 Å². The number of ether oxygens (including phenoxy) is 2. The Morgan fingerprint density at radius 2 is 2.05 bits per heavy atom. The van der Waals surface area contributed by atoms with Gasteiger partial charge in [-0.2, -0.15) is 0 Å². The monoisotopic (exact) mass is 289 g/mol. The molecule has 0 aliphatic heterocycles. The molecule has 2 N–H and O–H groups in total. The summed E-state index contributed by atoms with van der Waals surface area (Å²) in [6, 6.07) is 6.18. The van der Waals surface area contributed by atoms with Crippen LogP contribution in [0.2, 0.25) is 0 Å². The molecule has 20 heavy (non-hydrogen) atoms. The maximum atomic E-state index is 11.7. The maximum absolute atomic E-state index is 11.7. The van der Waals surface area contributed by atoms with Gasteiger partial charge in [-0.05, 0) is 18.2 Å². The van der Waals surface area contributed by atoms with Crippen LogP contribution in [0.15, 0.2) is 24.3 Å². The fourth-order valence-corrected chi connectivity index (χ4v) is 1.40. The molecule has 1 aromatic carbocycles. The highest BCUT2D eigenvalue weighted by Crippen LogP contribution is 2.12. The van der Waals surface area contributed by atoms with Crippen molar-refractivity contribution in [3.63, 3.8) is 0 Å². The molecule has 0 bridgehead atoms. The zero-order valence-electron chi connectivity index (χ0n) is 10.9. The van der Waals surface area contributed by atoms with Gasteiger partial charge in [-0.15, -0.1) is 0 Å². The number of nitrogens with one attached hydrogen (secondary N) is 1. The molecule has 0 amide bonds. The van der Waals surface area contributed by atoms with Crippen LogP contribution in [-0.4, -0.2) is 50.4 Å². The lowest BCUT2D eigenvalue weighted by molar-refractivity contribution is 0.0186. The van der Waals surface area contributed by atoms with E-state index in [4.69, 9.17) is 9.84 Å². The quantitative estimate of drug-likeness (QED) is 0.641. The number of aromatic carboxylic acids is 1. The fourth-order valence-electron chi connectivity index (χ4n) is 1.40. The van der Waals surface area contributed by atoms with Gasteiger partial charge in [0, 0.05) is 13.1 Å². The third-order valence-corrected chi connectivity index (χ3v) is 2.30. The second kappa shape index (κ2) is 9.22. The minimum Gasteiger partial charge on any atom is -0.492 e. The van der Waals surface area contributed by atoms with Gasteiger partial charge in [0.2, 0.25) is 0 Å². The molecule has 0 aliphatic carbocycles. The van der Waals surface area contributed by atoms with Crippen molar-refractivity contribution in [2.24, 2.45) is 0 Å². The van der Waals surface area contributed by atoms with Crippen molar-refractivity contribution in [3.05, 3.63) is 29.8 Å². The first-order valence-corrected chi connectivity index (χ1v) is 6.12. The van der Waals surface area contributed by atoms with Crippen LogP contribution in [0.3, 0.4) is 0 Å². The van der Waals surface area contributed by atoms with E-state index >= 15 is 0 Å². The first-order chi connectivity index (χ1) is 9.59. The smallest absolute Gasteiger partial charge is 0.335 e. The zero-order chi connectivity index (χ0) is 14.8. The molecular formula is C13H17F2NO4. The Labute approximate surface area is 115 Å². The molecule has 0 atom stereocenters. The van der Waals surface area contributed by atoms with E-state index < -0.39 is 19.0 Å². The molecule has 1 aromatic rings. The van der Waals surface area contributed by atoms with Gasteiger partial charge in [-0.3, -0.25) is 0 Å². The predicted molar refractivity (Wildman–Crippen MR) is 68.6 cm³/mol. The Hall–Kier alpha value is -1.73. The number of halogens is 2. The van der Waals surface area contributed by atoms with E-state index in [0.717, 1.165) is 0 Å². The molecule has 0 aromatic heterocycles. The van der Waals surface area contributed by atoms with E-state index in [0.29, 0.717) is 25.4 Å². The van der Waals surface area contributed by atoms with Crippen LogP contribution in [-0.2, 0) is 4.74 Å². The van der Waals surface area contributed by atoms with Gasteiger partial charge >= 0.3 is 5.97 Å². The molecule has 7 heteroatoms. The lowest BCUT2D eigenvalue weighted by Gasteiger charge is -2.08. The van der Waals surface area contributed by atoms with E-state index in [1.54, 1.807) is 12.1 Å². The summed E-state index contributed by atoms with van der Waals surface area (Å²) in [5.74, 6) is -0.537. The molecule has 0 aliphatic rings. The third-order valence-electron chi connectivity index (χ3n) is 2.30. The topological polar surface area (TPSA) is 67.8 Å². The van der Waals surface area contributed by atoms with Crippen LogP contribution < -0.4 is 10.1 Å². The Bertz CT molecular complexity index is 415. The van der Waals surface area contributed by atoms with Crippen molar-refractivity contribution in [1.29, 1.82) is 0 Å². The van der Waals surface area contributed by atoms with Gasteiger partial charge in [0.1, 0.15) is 19.0 Å². The Morgan fingerprint density at radius 3 is 2.75 bits per heavy atom. The van der Waals surface area contributed by atoms with Gasteiger partial charge in [-0.25, -0.2) is 13.6 Å². The summed E-state index contributed by atoms with van der Waals surface area (Å²) in [4.78, 5) is 10.7. The fraction of sp³-hybridized carbons (Fsp3) is 0.462. The van der Waals surface area contributed by atoms with Gasteiger partial charge in [-0.1, -0.05) is 6.07 Å². The van der Waals surface area contributed by atoms with Gasteiger partial charge in [0.05, 0.1) is 12.2 Å². The number of alkyl halides is 2. The van der Waals surface area contributed by atoms with E-state index in [1.807, 2.05) is 0 Å². The summed E-state index contributed by atoms with van der Waals surface area (Å²) in [7, 11) is 0. The predicted octanol–water partition coefficient (Wildman–Crippen LogP) is 1.63. The first-order valence-electron chi connectivity index (χ1n) is 6.12. The molecule has 0 radical (unpaired) electrons. The molecule has 0 saturated carbocycles. The van der Waals surface area contributed by atoms with Crippen LogP contribution in [0.1, 0.15) is 10.4 Å². The van der Waals surface area contributed by atoms with Crippen molar-refractivity contribution in [2.45, 2.75) is 6.43 Å². The number of carboxylic acids is 1. The largest absolute Gasteiger partial charge is 0.492 e. The number of rotatable bonds is 10. The van der Waals surface area contributed by atoms with Crippen LogP contribution in [0.4, 0.5) is 8.78 Å². The van der Waals surface area contributed by atoms with Crippen molar-refractivity contribution in [1.82, 2.24) is 5.32 Å². The lowest BCUT2D eigenvalue weighted by atomic mass is 10.2. The summed E-state index contributed by atoms with van der Waals surface area (Å²) in [6.45, 7) is 0.956. The molecule has 0 heterocycles. The summed E-state index contributed by atoms with van der Waals surface area (Å²) in [5, 5.41) is 11.8. The van der Waals surface area contributed by atoms with Crippen molar-refractivity contribution in [3.8, 4) is 5.75 Å². The van der Waals surface area contributed by atoms with Gasteiger partial charge in [0.25, 0.3) is 6.43 Å². The molecule has 5 nitrogen and oxygen atoms in total. The molecule has 0 spiro atoms. The molecular weight excluding hydrogens is 272 g/mol. The SMILES string of the molecule is O=C(O)c1cccc(OCCNCCOCC(F)F)c1. The van der Waals surface area contributed by atoms with Crippen molar-refractivity contribution >= 4 is 5.97 Å². The molecule has 0 unspecified atom stereocenters. The number of hydrogen-bond donors (Lipinski definition) is 2. The summed E-state index contributed by atoms with van der Waals surface area (Å²) >= 11 is 0. The Morgan fingerprint density at radius 1 is 1.30 bits per heavy atom. The first kappa shape index (κ1) is 16.3. The normalized spacial score (nSPS) is 10.8. The minimum absolute atomic E-state index is 0.163. The van der Waals surface area contributed by atoms with E-state index in [2.05, 4.69) is 10.1 Å². The van der Waals surface area contributed by atoms with Crippen LogP contribution in [0.5, 0.6) is 5.75 Å². The van der Waals surface area contributed by atoms with Crippen LogP contribution in [0.25, 0.3) is 0 Å². The number of benzene rings is 1. The zero-order valence-corrected chi connectivity index (χ0v) is 10.9. The summed E-state index contributed by atoms with van der Waals surface area (Å²) in [5.41, 5.74) is 0.163. The minimum atomic E-state index is -2.44. The molecule has 0 fully saturated rings. The standard InChI is InChI=1S/C13H17F2NO4/c14-12(15)9-19-6-4-16-5-7-20-11-3-1-2-10(8-11)13(17)18/h1-3,8,12,16H,4-7,9H2,(H,17,18). The molecule has 0 saturated heterocycles. The maximum Gasteiger partial charge on any atom is 0.335 e. The van der Waals surface area contributed by atoms with Crippen molar-refractivity contribution < 1.29 is 28.2 Å². The highest BCUT2D eigenvalue weighted by Gasteiger charge is 2.03. The van der Waals surface area contributed by atoms with Crippen molar-refractivity contribution in [2.75, 3.05) is 32.9 Å². The van der Waals surface area contributed by atoms with E-state index in [-0.39, 0.29) is 12.2 Å². The Kier molecular flexibility index (Phi) is 7.52. The summed E-state index contributed by atoms with van der Waals surface area (Å²) < 4.78 is 33.5. The number of carboxylic acid groups (broad SMARTS) is 1. The van der Waals surface area contributed by atoms with Gasteiger partial charge < -0.3 is 19.9 Å².